The van der Waals surface area contributed by atoms with E-state index in [-0.39, 0.29) is 17.3 Å². The fourth-order valence-corrected chi connectivity index (χ4v) is 2.53. The molecule has 3 heteroatoms. The molecule has 0 atom stereocenters. The molecule has 1 aliphatic rings. The molecule has 0 bridgehead atoms. The molecular formula is C15H20FNO. The lowest BCUT2D eigenvalue weighted by atomic mass is 9.94. The highest BCUT2D eigenvalue weighted by Gasteiger charge is 2.24. The lowest BCUT2D eigenvalue weighted by Crippen LogP contribution is -2.38. The maximum absolute atomic E-state index is 13.9. The second-order valence-corrected chi connectivity index (χ2v) is 5.08. The monoisotopic (exact) mass is 249 g/mol. The molecule has 2 rings (SSSR count). The van der Waals surface area contributed by atoms with Crippen molar-refractivity contribution < 1.29 is 9.18 Å². The molecule has 1 heterocycles. The van der Waals surface area contributed by atoms with Gasteiger partial charge in [0.2, 0.25) is 0 Å². The van der Waals surface area contributed by atoms with Gasteiger partial charge in [-0.15, -0.1) is 0 Å². The molecule has 1 fully saturated rings. The highest BCUT2D eigenvalue weighted by molar-refractivity contribution is 5.94. The fraction of sp³-hybridized carbons (Fsp3) is 0.533. The van der Waals surface area contributed by atoms with Crippen molar-refractivity contribution in [2.24, 2.45) is 5.92 Å². The Balaban J connectivity index is 2.10. The van der Waals surface area contributed by atoms with Crippen LogP contribution in [0.15, 0.2) is 18.2 Å². The van der Waals surface area contributed by atoms with Crippen LogP contribution in [0.4, 0.5) is 4.39 Å². The Labute approximate surface area is 108 Å². The maximum atomic E-state index is 13.9. The molecule has 0 saturated carbocycles. The molecule has 0 aliphatic carbocycles. The predicted molar refractivity (Wildman–Crippen MR) is 70.1 cm³/mol. The Kier molecular flexibility index (Phi) is 4.00. The number of amides is 1. The number of benzene rings is 1. The van der Waals surface area contributed by atoms with Crippen molar-refractivity contribution in [1.82, 2.24) is 4.90 Å². The summed E-state index contributed by atoms with van der Waals surface area (Å²) in [7, 11) is 0. The molecule has 18 heavy (non-hydrogen) atoms. The fourth-order valence-electron chi connectivity index (χ4n) is 2.53. The van der Waals surface area contributed by atoms with Gasteiger partial charge in [-0.1, -0.05) is 25.5 Å². The van der Waals surface area contributed by atoms with Crippen molar-refractivity contribution in [1.29, 1.82) is 0 Å². The van der Waals surface area contributed by atoms with Crippen LogP contribution in [0, 0.1) is 18.7 Å². The zero-order chi connectivity index (χ0) is 13.1. The molecule has 0 radical (unpaired) electrons. The van der Waals surface area contributed by atoms with Gasteiger partial charge in [-0.3, -0.25) is 4.79 Å². The highest BCUT2D eigenvalue weighted by atomic mass is 19.1. The van der Waals surface area contributed by atoms with Gasteiger partial charge in [0.25, 0.3) is 5.91 Å². The highest BCUT2D eigenvalue weighted by Crippen LogP contribution is 2.22. The van der Waals surface area contributed by atoms with E-state index in [4.69, 9.17) is 0 Å². The van der Waals surface area contributed by atoms with Gasteiger partial charge in [-0.05, 0) is 37.3 Å². The third-order valence-corrected chi connectivity index (χ3v) is 3.90. The second-order valence-electron chi connectivity index (χ2n) is 5.08. The number of nitrogens with zero attached hydrogens (tertiary/aromatic N) is 1. The summed E-state index contributed by atoms with van der Waals surface area (Å²) in [6.45, 7) is 5.38. The van der Waals surface area contributed by atoms with E-state index in [0.29, 0.717) is 5.56 Å². The van der Waals surface area contributed by atoms with Gasteiger partial charge >= 0.3 is 0 Å². The first-order valence-corrected chi connectivity index (χ1v) is 6.68. The molecule has 1 aromatic carbocycles. The Morgan fingerprint density at radius 2 is 2.06 bits per heavy atom. The van der Waals surface area contributed by atoms with Gasteiger partial charge in [0.15, 0.2) is 0 Å². The van der Waals surface area contributed by atoms with E-state index in [1.807, 2.05) is 0 Å². The summed E-state index contributed by atoms with van der Waals surface area (Å²) in [4.78, 5) is 14.0. The summed E-state index contributed by atoms with van der Waals surface area (Å²) in [5.41, 5.74) is 0.745. The SMILES string of the molecule is CCC1CCN(C(=O)c2cccc(C)c2F)CC1. The molecule has 1 amide bonds. The first-order valence-electron chi connectivity index (χ1n) is 6.68. The van der Waals surface area contributed by atoms with E-state index < -0.39 is 0 Å². The van der Waals surface area contributed by atoms with E-state index in [9.17, 15) is 9.18 Å². The average Bonchev–Trinajstić information content (AvgIpc) is 2.41. The Morgan fingerprint density at radius 3 is 2.67 bits per heavy atom. The normalized spacial score (nSPS) is 16.9. The van der Waals surface area contributed by atoms with E-state index in [1.165, 1.54) is 6.42 Å². The van der Waals surface area contributed by atoms with Crippen LogP contribution in [-0.2, 0) is 0 Å². The van der Waals surface area contributed by atoms with Crippen molar-refractivity contribution >= 4 is 5.91 Å². The van der Waals surface area contributed by atoms with Crippen molar-refractivity contribution in [2.75, 3.05) is 13.1 Å². The minimum atomic E-state index is -0.375. The van der Waals surface area contributed by atoms with E-state index >= 15 is 0 Å². The van der Waals surface area contributed by atoms with E-state index in [2.05, 4.69) is 6.92 Å². The Hall–Kier alpha value is -1.38. The van der Waals surface area contributed by atoms with Crippen molar-refractivity contribution in [3.63, 3.8) is 0 Å². The number of rotatable bonds is 2. The van der Waals surface area contributed by atoms with Crippen LogP contribution in [-0.4, -0.2) is 23.9 Å². The van der Waals surface area contributed by atoms with Crippen molar-refractivity contribution in [3.05, 3.63) is 35.1 Å². The molecule has 0 spiro atoms. The van der Waals surface area contributed by atoms with Gasteiger partial charge in [0.1, 0.15) is 5.82 Å². The molecule has 98 valence electrons. The number of carbonyl (C=O) groups is 1. The zero-order valence-corrected chi connectivity index (χ0v) is 11.1. The lowest BCUT2D eigenvalue weighted by Gasteiger charge is -2.31. The molecule has 1 aliphatic heterocycles. The number of aryl methyl sites for hydroxylation is 1. The maximum Gasteiger partial charge on any atom is 0.256 e. The quantitative estimate of drug-likeness (QED) is 0.786. The molecule has 0 unspecified atom stereocenters. The van der Waals surface area contributed by atoms with Gasteiger partial charge < -0.3 is 4.90 Å². The summed E-state index contributed by atoms with van der Waals surface area (Å²) in [6, 6.07) is 5.01. The van der Waals surface area contributed by atoms with Crippen LogP contribution in [0.25, 0.3) is 0 Å². The van der Waals surface area contributed by atoms with Crippen LogP contribution in [0.2, 0.25) is 0 Å². The first-order chi connectivity index (χ1) is 8.63. The zero-order valence-electron chi connectivity index (χ0n) is 11.1. The van der Waals surface area contributed by atoms with Crippen LogP contribution < -0.4 is 0 Å². The van der Waals surface area contributed by atoms with Crippen molar-refractivity contribution in [2.45, 2.75) is 33.1 Å². The standard InChI is InChI=1S/C15H20FNO/c1-3-12-7-9-17(10-8-12)15(18)13-6-4-5-11(2)14(13)16/h4-6,12H,3,7-10H2,1-2H3. The third-order valence-electron chi connectivity index (χ3n) is 3.90. The van der Waals surface area contributed by atoms with Gasteiger partial charge in [-0.25, -0.2) is 4.39 Å². The topological polar surface area (TPSA) is 20.3 Å². The van der Waals surface area contributed by atoms with Crippen LogP contribution in [0.1, 0.15) is 42.1 Å². The third kappa shape index (κ3) is 2.55. The number of piperidine rings is 1. The summed E-state index contributed by atoms with van der Waals surface area (Å²) >= 11 is 0. The summed E-state index contributed by atoms with van der Waals surface area (Å²) < 4.78 is 13.9. The number of hydrogen-bond acceptors (Lipinski definition) is 1. The molecule has 0 N–H and O–H groups in total. The summed E-state index contributed by atoms with van der Waals surface area (Å²) in [5.74, 6) is 0.183. The molecule has 0 aromatic heterocycles. The second kappa shape index (κ2) is 5.51. The number of halogens is 1. The van der Waals surface area contributed by atoms with E-state index in [1.54, 1.807) is 30.0 Å². The smallest absolute Gasteiger partial charge is 0.256 e. The summed E-state index contributed by atoms with van der Waals surface area (Å²) in [5, 5.41) is 0. The number of carbonyl (C=O) groups excluding carboxylic acids is 1. The van der Waals surface area contributed by atoms with E-state index in [0.717, 1.165) is 31.8 Å². The molecule has 2 nitrogen and oxygen atoms in total. The largest absolute Gasteiger partial charge is 0.339 e. The predicted octanol–water partition coefficient (Wildman–Crippen LogP) is 3.40. The Morgan fingerprint density at radius 1 is 1.39 bits per heavy atom. The lowest BCUT2D eigenvalue weighted by molar-refractivity contribution is 0.0684. The van der Waals surface area contributed by atoms with Gasteiger partial charge in [0, 0.05) is 13.1 Å². The van der Waals surface area contributed by atoms with Gasteiger partial charge in [-0.2, -0.15) is 0 Å². The molecule has 1 saturated heterocycles. The minimum absolute atomic E-state index is 0.161. The van der Waals surface area contributed by atoms with Crippen LogP contribution >= 0.6 is 0 Å². The van der Waals surface area contributed by atoms with Crippen LogP contribution in [0.3, 0.4) is 0 Å². The Bertz CT molecular complexity index is 436. The number of hydrogen-bond donors (Lipinski definition) is 0. The average molecular weight is 249 g/mol. The number of likely N-dealkylation sites (tertiary alicyclic amines) is 1. The first kappa shape index (κ1) is 13.1. The van der Waals surface area contributed by atoms with Gasteiger partial charge in [0.05, 0.1) is 5.56 Å². The van der Waals surface area contributed by atoms with Crippen molar-refractivity contribution in [3.8, 4) is 0 Å². The van der Waals surface area contributed by atoms with Crippen LogP contribution in [0.5, 0.6) is 0 Å². The molecular weight excluding hydrogens is 229 g/mol. The minimum Gasteiger partial charge on any atom is -0.339 e. The molecule has 1 aromatic rings. The summed E-state index contributed by atoms with van der Waals surface area (Å²) in [6.07, 6.45) is 3.24.